The fourth-order valence-corrected chi connectivity index (χ4v) is 0.288. The second-order valence-corrected chi connectivity index (χ2v) is 1.14. The van der Waals surface area contributed by atoms with Crippen LogP contribution in [0.3, 0.4) is 0 Å². The molecule has 1 heterocycles. The van der Waals surface area contributed by atoms with Crippen molar-refractivity contribution in [1.82, 2.24) is 5.43 Å². The van der Waals surface area contributed by atoms with Crippen molar-refractivity contribution in [2.45, 2.75) is 13.2 Å². The van der Waals surface area contributed by atoms with Gasteiger partial charge in [0.1, 0.15) is 0 Å². The molecule has 0 aromatic carbocycles. The Morgan fingerprint density at radius 2 is 2.83 bits per heavy atom. The Kier molecular flexibility index (Phi) is 0.670. The minimum atomic E-state index is 0.0741. The molecule has 0 fully saturated rings. The van der Waals surface area contributed by atoms with Crippen LogP contribution in [0.4, 0.5) is 0 Å². The molecule has 0 aromatic heterocycles. The molecule has 34 valence electrons. The number of hydrazone groups is 1. The molecule has 1 atom stereocenters. The third kappa shape index (κ3) is 0.429. The summed E-state index contributed by atoms with van der Waals surface area (Å²) in [5.74, 6) is 0. The van der Waals surface area contributed by atoms with Crippen LogP contribution >= 0.6 is 0 Å². The number of hydrogen-bond acceptors (Lipinski definition) is 3. The molecule has 1 rings (SSSR count). The first-order valence-electron chi connectivity index (χ1n) is 1.82. The van der Waals surface area contributed by atoms with Crippen molar-refractivity contribution in [3.05, 3.63) is 0 Å². The maximum atomic E-state index is 4.75. The first-order chi connectivity index (χ1) is 2.89. The normalized spacial score (nSPS) is 29.2. The molecule has 0 saturated carbocycles. The lowest BCUT2D eigenvalue weighted by Crippen LogP contribution is -2.15. The monoisotopic (exact) mass is 86.0 g/mol. The fraction of sp³-hybridized carbons (Fsp3) is 0.667. The summed E-state index contributed by atoms with van der Waals surface area (Å²) in [5, 5.41) is 3.57. The van der Waals surface area contributed by atoms with Crippen LogP contribution in [-0.2, 0) is 4.74 Å². The number of nitrogens with one attached hydrogen (secondary N) is 1. The fourth-order valence-electron chi connectivity index (χ4n) is 0.288. The lowest BCUT2D eigenvalue weighted by atomic mass is 10.7. The summed E-state index contributed by atoms with van der Waals surface area (Å²) in [6.07, 6.45) is 1.47. The molecule has 0 radical (unpaired) electrons. The topological polar surface area (TPSA) is 33.6 Å². The summed E-state index contributed by atoms with van der Waals surface area (Å²) < 4.78 is 4.75. The van der Waals surface area contributed by atoms with Crippen molar-refractivity contribution in [3.63, 3.8) is 0 Å². The predicted octanol–water partition coefficient (Wildman–Crippen LogP) is -0.104. The number of nitrogens with zero attached hydrogens (tertiary/aromatic N) is 1. The van der Waals surface area contributed by atoms with Crippen molar-refractivity contribution in [3.8, 4) is 0 Å². The summed E-state index contributed by atoms with van der Waals surface area (Å²) in [4.78, 5) is 0. The highest BCUT2D eigenvalue weighted by Gasteiger charge is 1.99. The molecule has 3 heteroatoms. The summed E-state index contributed by atoms with van der Waals surface area (Å²) in [6, 6.07) is 0. The van der Waals surface area contributed by atoms with E-state index in [0.717, 1.165) is 0 Å². The summed E-state index contributed by atoms with van der Waals surface area (Å²) in [5.41, 5.74) is 2.67. The van der Waals surface area contributed by atoms with E-state index in [4.69, 9.17) is 4.74 Å². The molecule has 3 nitrogen and oxygen atoms in total. The predicted molar refractivity (Wildman–Crippen MR) is 22.2 cm³/mol. The van der Waals surface area contributed by atoms with Gasteiger partial charge in [0.2, 0.25) is 0 Å². The highest BCUT2D eigenvalue weighted by Crippen LogP contribution is 1.86. The Bertz CT molecular complexity index is 63.2. The van der Waals surface area contributed by atoms with Crippen LogP contribution in [0.15, 0.2) is 5.10 Å². The zero-order chi connectivity index (χ0) is 4.41. The highest BCUT2D eigenvalue weighted by atomic mass is 16.5. The van der Waals surface area contributed by atoms with Gasteiger partial charge in [-0.3, -0.25) is 5.43 Å². The molecule has 6 heavy (non-hydrogen) atoms. The molecule has 0 aliphatic carbocycles. The average Bonchev–Trinajstić information content (AvgIpc) is 1.86. The Labute approximate surface area is 36.0 Å². The van der Waals surface area contributed by atoms with E-state index in [1.54, 1.807) is 0 Å². The van der Waals surface area contributed by atoms with Crippen molar-refractivity contribution in [1.29, 1.82) is 0 Å². The van der Waals surface area contributed by atoms with Gasteiger partial charge in [0.15, 0.2) is 12.6 Å². The van der Waals surface area contributed by atoms with Crippen LogP contribution in [0.5, 0.6) is 0 Å². The van der Waals surface area contributed by atoms with E-state index < -0.39 is 0 Å². The van der Waals surface area contributed by atoms with E-state index >= 15 is 0 Å². The molecule has 0 amide bonds. The number of hydrogen-bond donors (Lipinski definition) is 1. The van der Waals surface area contributed by atoms with E-state index in [-0.39, 0.29) is 6.23 Å². The van der Waals surface area contributed by atoms with Gasteiger partial charge in [0, 0.05) is 0 Å². The molecule has 0 bridgehead atoms. The van der Waals surface area contributed by atoms with Crippen molar-refractivity contribution in [2.24, 2.45) is 5.10 Å². The molecule has 1 aliphatic rings. The van der Waals surface area contributed by atoms with Gasteiger partial charge in [0.25, 0.3) is 0 Å². The molecule has 0 aromatic rings. The lowest BCUT2D eigenvalue weighted by molar-refractivity contribution is 0.217. The Balaban J connectivity index is 2.32. The van der Waals surface area contributed by atoms with E-state index in [0.29, 0.717) is 0 Å². The molecule has 0 unspecified atom stereocenters. The van der Waals surface area contributed by atoms with E-state index in [1.807, 2.05) is 6.92 Å². The third-order valence-electron chi connectivity index (χ3n) is 0.574. The van der Waals surface area contributed by atoms with E-state index in [2.05, 4.69) is 10.5 Å². The van der Waals surface area contributed by atoms with Gasteiger partial charge < -0.3 is 4.74 Å². The first-order valence-corrected chi connectivity index (χ1v) is 1.82. The maximum absolute atomic E-state index is 4.75. The SMILES string of the molecule is C[C@@H]1NN=CO1. The smallest absolute Gasteiger partial charge is 0.195 e. The van der Waals surface area contributed by atoms with Crippen LogP contribution in [0, 0.1) is 0 Å². The minimum absolute atomic E-state index is 0.0741. The average molecular weight is 86.1 g/mol. The van der Waals surface area contributed by atoms with Gasteiger partial charge in [-0.05, 0) is 6.92 Å². The van der Waals surface area contributed by atoms with Gasteiger partial charge in [-0.25, -0.2) is 0 Å². The molecular weight excluding hydrogens is 80.0 g/mol. The number of ether oxygens (including phenoxy) is 1. The van der Waals surface area contributed by atoms with Gasteiger partial charge in [-0.2, -0.15) is 0 Å². The number of rotatable bonds is 0. The summed E-state index contributed by atoms with van der Waals surface area (Å²) >= 11 is 0. The van der Waals surface area contributed by atoms with Crippen molar-refractivity contribution < 1.29 is 4.74 Å². The second kappa shape index (κ2) is 1.16. The van der Waals surface area contributed by atoms with E-state index in [9.17, 15) is 0 Å². The van der Waals surface area contributed by atoms with Crippen molar-refractivity contribution >= 4 is 6.40 Å². The van der Waals surface area contributed by atoms with E-state index in [1.165, 1.54) is 6.40 Å². The standard InChI is InChI=1S/C3H6N2O/c1-3-5-4-2-6-3/h2-3,5H,1H3/t3-/m1/s1. The lowest BCUT2D eigenvalue weighted by Gasteiger charge is -1.96. The largest absolute Gasteiger partial charge is 0.458 e. The Hall–Kier alpha value is -0.730. The quantitative estimate of drug-likeness (QED) is 0.446. The van der Waals surface area contributed by atoms with Gasteiger partial charge in [-0.1, -0.05) is 0 Å². The zero-order valence-corrected chi connectivity index (χ0v) is 3.51. The first kappa shape index (κ1) is 3.46. The molecule has 1 N–H and O–H groups in total. The molecule has 0 saturated heterocycles. The minimum Gasteiger partial charge on any atom is -0.458 e. The Morgan fingerprint density at radius 1 is 2.00 bits per heavy atom. The van der Waals surface area contributed by atoms with Crippen LogP contribution in [-0.4, -0.2) is 12.6 Å². The molecular formula is C3H6N2O. The van der Waals surface area contributed by atoms with Gasteiger partial charge in [0.05, 0.1) is 0 Å². The summed E-state index contributed by atoms with van der Waals surface area (Å²) in [7, 11) is 0. The zero-order valence-electron chi connectivity index (χ0n) is 3.51. The van der Waals surface area contributed by atoms with Crippen LogP contribution < -0.4 is 5.43 Å². The van der Waals surface area contributed by atoms with Crippen molar-refractivity contribution in [2.75, 3.05) is 0 Å². The maximum Gasteiger partial charge on any atom is 0.195 e. The highest BCUT2D eigenvalue weighted by molar-refractivity contribution is 5.47. The Morgan fingerprint density at radius 3 is 3.00 bits per heavy atom. The van der Waals surface area contributed by atoms with Crippen LogP contribution in [0.2, 0.25) is 0 Å². The van der Waals surface area contributed by atoms with Gasteiger partial charge in [-0.15, -0.1) is 5.10 Å². The molecule has 0 spiro atoms. The summed E-state index contributed by atoms with van der Waals surface area (Å²) in [6.45, 7) is 1.88. The van der Waals surface area contributed by atoms with Crippen LogP contribution in [0.25, 0.3) is 0 Å². The van der Waals surface area contributed by atoms with Gasteiger partial charge >= 0.3 is 0 Å². The van der Waals surface area contributed by atoms with Crippen LogP contribution in [0.1, 0.15) is 6.92 Å². The molecule has 1 aliphatic heterocycles. The third-order valence-corrected chi connectivity index (χ3v) is 0.574. The second-order valence-electron chi connectivity index (χ2n) is 1.14.